The Morgan fingerprint density at radius 1 is 1.32 bits per heavy atom. The standard InChI is InChI=1S/C20H23ClN4OS2/c1-5-16-8-14(10-27-16)19-23-24-20(25(19)12(2)3)28-11-18(26)22-17-9-15(21)7-6-13(17)4/h6-10,12H,5,11H2,1-4H3,(H,22,26). The number of anilines is 1. The van der Waals surface area contributed by atoms with E-state index in [0.717, 1.165) is 34.2 Å². The maximum Gasteiger partial charge on any atom is 0.234 e. The number of halogens is 1. The molecule has 148 valence electrons. The number of benzene rings is 1. The van der Waals surface area contributed by atoms with Crippen LogP contribution in [0.25, 0.3) is 11.4 Å². The van der Waals surface area contributed by atoms with E-state index in [9.17, 15) is 4.79 Å². The zero-order valence-electron chi connectivity index (χ0n) is 16.3. The Kier molecular flexibility index (Phi) is 6.80. The first-order chi connectivity index (χ1) is 13.4. The SMILES string of the molecule is CCc1cc(-c2nnc(SCC(=O)Nc3cc(Cl)ccc3C)n2C(C)C)cs1. The predicted molar refractivity (Wildman–Crippen MR) is 119 cm³/mol. The highest BCUT2D eigenvalue weighted by molar-refractivity contribution is 7.99. The van der Waals surface area contributed by atoms with Crippen molar-refractivity contribution in [3.05, 3.63) is 45.1 Å². The van der Waals surface area contributed by atoms with Crippen LogP contribution in [-0.2, 0) is 11.2 Å². The first kappa shape index (κ1) is 20.9. The maximum atomic E-state index is 12.4. The topological polar surface area (TPSA) is 59.8 Å². The van der Waals surface area contributed by atoms with E-state index in [1.54, 1.807) is 17.4 Å². The van der Waals surface area contributed by atoms with Gasteiger partial charge in [-0.1, -0.05) is 36.4 Å². The lowest BCUT2D eigenvalue weighted by Gasteiger charge is -2.13. The average Bonchev–Trinajstić information content (AvgIpc) is 3.29. The van der Waals surface area contributed by atoms with Gasteiger partial charge in [0, 0.05) is 32.6 Å². The number of nitrogens with zero attached hydrogens (tertiary/aromatic N) is 3. The van der Waals surface area contributed by atoms with Crippen molar-refractivity contribution in [2.24, 2.45) is 0 Å². The van der Waals surface area contributed by atoms with Crippen LogP contribution in [0.3, 0.4) is 0 Å². The number of rotatable bonds is 7. The number of hydrogen-bond acceptors (Lipinski definition) is 5. The normalized spacial score (nSPS) is 11.2. The van der Waals surface area contributed by atoms with Gasteiger partial charge in [0.25, 0.3) is 0 Å². The molecule has 2 heterocycles. The fourth-order valence-corrected chi connectivity index (χ4v) is 4.62. The van der Waals surface area contributed by atoms with Gasteiger partial charge in [0.2, 0.25) is 5.91 Å². The van der Waals surface area contributed by atoms with Crippen LogP contribution >= 0.6 is 34.7 Å². The number of amides is 1. The molecule has 0 saturated heterocycles. The third-order valence-electron chi connectivity index (χ3n) is 4.25. The number of hydrogen-bond donors (Lipinski definition) is 1. The van der Waals surface area contributed by atoms with Crippen LogP contribution in [0.4, 0.5) is 5.69 Å². The molecule has 28 heavy (non-hydrogen) atoms. The summed E-state index contributed by atoms with van der Waals surface area (Å²) >= 11 is 9.15. The Morgan fingerprint density at radius 3 is 2.79 bits per heavy atom. The largest absolute Gasteiger partial charge is 0.325 e. The van der Waals surface area contributed by atoms with Crippen molar-refractivity contribution >= 4 is 46.3 Å². The molecule has 0 aliphatic rings. The quantitative estimate of drug-likeness (QED) is 0.474. The van der Waals surface area contributed by atoms with Gasteiger partial charge in [-0.05, 0) is 51.0 Å². The second kappa shape index (κ2) is 9.11. The first-order valence-electron chi connectivity index (χ1n) is 9.10. The molecule has 1 amide bonds. The van der Waals surface area contributed by atoms with Gasteiger partial charge in [-0.2, -0.15) is 0 Å². The average molecular weight is 435 g/mol. The first-order valence-corrected chi connectivity index (χ1v) is 11.3. The highest BCUT2D eigenvalue weighted by Crippen LogP contribution is 2.30. The van der Waals surface area contributed by atoms with Crippen molar-refractivity contribution in [2.45, 2.75) is 45.3 Å². The summed E-state index contributed by atoms with van der Waals surface area (Å²) in [7, 11) is 0. The van der Waals surface area contributed by atoms with E-state index < -0.39 is 0 Å². The summed E-state index contributed by atoms with van der Waals surface area (Å²) in [5.41, 5.74) is 2.78. The number of thioether (sulfide) groups is 1. The predicted octanol–water partition coefficient (Wildman–Crippen LogP) is 5.84. The van der Waals surface area contributed by atoms with Crippen LogP contribution in [0.15, 0.2) is 34.8 Å². The van der Waals surface area contributed by atoms with Crippen molar-refractivity contribution in [2.75, 3.05) is 11.1 Å². The number of carbonyl (C=O) groups is 1. The molecular formula is C20H23ClN4OS2. The lowest BCUT2D eigenvalue weighted by molar-refractivity contribution is -0.113. The van der Waals surface area contributed by atoms with Crippen LogP contribution in [0.2, 0.25) is 5.02 Å². The highest BCUT2D eigenvalue weighted by atomic mass is 35.5. The van der Waals surface area contributed by atoms with Gasteiger partial charge in [0.1, 0.15) is 0 Å². The summed E-state index contributed by atoms with van der Waals surface area (Å²) in [6.45, 7) is 8.27. The molecule has 8 heteroatoms. The zero-order valence-corrected chi connectivity index (χ0v) is 18.7. The van der Waals surface area contributed by atoms with E-state index in [1.807, 2.05) is 19.1 Å². The molecule has 1 N–H and O–H groups in total. The fraction of sp³-hybridized carbons (Fsp3) is 0.350. The van der Waals surface area contributed by atoms with Crippen molar-refractivity contribution in [1.82, 2.24) is 14.8 Å². The number of aromatic nitrogens is 3. The molecule has 5 nitrogen and oxygen atoms in total. The number of aryl methyl sites for hydroxylation is 2. The molecule has 0 unspecified atom stereocenters. The number of carbonyl (C=O) groups excluding carboxylic acids is 1. The molecule has 0 bridgehead atoms. The van der Waals surface area contributed by atoms with Crippen LogP contribution in [-0.4, -0.2) is 26.4 Å². The molecule has 3 aromatic rings. The monoisotopic (exact) mass is 434 g/mol. The number of nitrogens with one attached hydrogen (secondary N) is 1. The summed E-state index contributed by atoms with van der Waals surface area (Å²) in [6, 6.07) is 7.81. The minimum atomic E-state index is -0.0981. The van der Waals surface area contributed by atoms with Crippen molar-refractivity contribution in [3.63, 3.8) is 0 Å². The molecule has 0 saturated carbocycles. The molecule has 3 rings (SSSR count). The summed E-state index contributed by atoms with van der Waals surface area (Å²) in [5.74, 6) is 0.999. The van der Waals surface area contributed by atoms with Gasteiger partial charge in [0.05, 0.1) is 5.75 Å². The molecular weight excluding hydrogens is 412 g/mol. The van der Waals surface area contributed by atoms with E-state index in [0.29, 0.717) is 5.02 Å². The van der Waals surface area contributed by atoms with E-state index in [2.05, 4.69) is 52.3 Å². The molecule has 2 aromatic heterocycles. The Labute approximate surface area is 178 Å². The molecule has 0 radical (unpaired) electrons. The Morgan fingerprint density at radius 2 is 2.11 bits per heavy atom. The van der Waals surface area contributed by atoms with Crippen LogP contribution in [0, 0.1) is 6.92 Å². The Hall–Kier alpha value is -1.83. The fourth-order valence-electron chi connectivity index (χ4n) is 2.77. The van der Waals surface area contributed by atoms with Crippen LogP contribution < -0.4 is 5.32 Å². The van der Waals surface area contributed by atoms with Crippen LogP contribution in [0.5, 0.6) is 0 Å². The second-order valence-electron chi connectivity index (χ2n) is 6.72. The summed E-state index contributed by atoms with van der Waals surface area (Å²) < 4.78 is 2.09. The van der Waals surface area contributed by atoms with Gasteiger partial charge in [-0.15, -0.1) is 21.5 Å². The summed E-state index contributed by atoms with van der Waals surface area (Å²) in [4.78, 5) is 13.7. The van der Waals surface area contributed by atoms with Gasteiger partial charge in [0.15, 0.2) is 11.0 Å². The Bertz CT molecular complexity index is 980. The molecule has 0 atom stereocenters. The molecule has 0 spiro atoms. The van der Waals surface area contributed by atoms with E-state index in [-0.39, 0.29) is 17.7 Å². The van der Waals surface area contributed by atoms with Crippen molar-refractivity contribution < 1.29 is 4.79 Å². The zero-order chi connectivity index (χ0) is 20.3. The molecule has 0 fully saturated rings. The van der Waals surface area contributed by atoms with Gasteiger partial charge in [-0.3, -0.25) is 9.36 Å². The summed E-state index contributed by atoms with van der Waals surface area (Å²) in [5, 5.41) is 15.1. The summed E-state index contributed by atoms with van der Waals surface area (Å²) in [6.07, 6.45) is 1.01. The molecule has 0 aliphatic carbocycles. The van der Waals surface area contributed by atoms with Gasteiger partial charge >= 0.3 is 0 Å². The highest BCUT2D eigenvalue weighted by Gasteiger charge is 2.19. The molecule has 1 aromatic carbocycles. The van der Waals surface area contributed by atoms with E-state index in [1.165, 1.54) is 16.6 Å². The van der Waals surface area contributed by atoms with Gasteiger partial charge < -0.3 is 5.32 Å². The lowest BCUT2D eigenvalue weighted by atomic mass is 10.2. The van der Waals surface area contributed by atoms with E-state index in [4.69, 9.17) is 11.6 Å². The lowest BCUT2D eigenvalue weighted by Crippen LogP contribution is -2.15. The third-order valence-corrected chi connectivity index (χ3v) is 6.51. The van der Waals surface area contributed by atoms with Crippen LogP contribution in [0.1, 0.15) is 37.3 Å². The van der Waals surface area contributed by atoms with E-state index >= 15 is 0 Å². The van der Waals surface area contributed by atoms with Gasteiger partial charge in [-0.25, -0.2) is 0 Å². The number of thiophene rings is 1. The Balaban J connectivity index is 1.73. The minimum Gasteiger partial charge on any atom is -0.325 e. The second-order valence-corrected chi connectivity index (χ2v) is 9.10. The van der Waals surface area contributed by atoms with Crippen molar-refractivity contribution in [1.29, 1.82) is 0 Å². The maximum absolute atomic E-state index is 12.4. The smallest absolute Gasteiger partial charge is 0.234 e. The molecule has 0 aliphatic heterocycles. The minimum absolute atomic E-state index is 0.0981. The third kappa shape index (κ3) is 4.77. The van der Waals surface area contributed by atoms with Crippen molar-refractivity contribution in [3.8, 4) is 11.4 Å².